The Bertz CT molecular complexity index is 1350. The van der Waals surface area contributed by atoms with Crippen LogP contribution in [0.3, 0.4) is 0 Å². The SMILES string of the molecule is Cc1noc(-c2ccc(-c3ccc(CC(=O)O)cn3)cn2)c1CC(=O)O[C@H](C)c1ccccc1F. The van der Waals surface area contributed by atoms with Crippen LogP contribution in [0.5, 0.6) is 0 Å². The summed E-state index contributed by atoms with van der Waals surface area (Å²) in [5.41, 5.74) is 3.80. The quantitative estimate of drug-likeness (QED) is 0.364. The van der Waals surface area contributed by atoms with E-state index in [-0.39, 0.29) is 12.8 Å². The van der Waals surface area contributed by atoms with Gasteiger partial charge in [0, 0.05) is 29.1 Å². The molecule has 0 fully saturated rings. The maximum atomic E-state index is 14.0. The van der Waals surface area contributed by atoms with Crippen molar-refractivity contribution in [3.63, 3.8) is 0 Å². The van der Waals surface area contributed by atoms with Crippen LogP contribution in [0.15, 0.2) is 65.4 Å². The van der Waals surface area contributed by atoms with Crippen molar-refractivity contribution in [1.82, 2.24) is 15.1 Å². The van der Waals surface area contributed by atoms with Crippen molar-refractivity contribution in [1.29, 1.82) is 0 Å². The van der Waals surface area contributed by atoms with Gasteiger partial charge in [0.2, 0.25) is 0 Å². The van der Waals surface area contributed by atoms with Gasteiger partial charge in [-0.2, -0.15) is 0 Å². The summed E-state index contributed by atoms with van der Waals surface area (Å²) >= 11 is 0. The number of aryl methyl sites for hydroxylation is 1. The van der Waals surface area contributed by atoms with E-state index in [1.54, 1.807) is 62.5 Å². The Labute approximate surface area is 200 Å². The molecule has 0 bridgehead atoms. The number of carboxylic acid groups (broad SMARTS) is 1. The lowest BCUT2D eigenvalue weighted by Gasteiger charge is -2.14. The maximum Gasteiger partial charge on any atom is 0.311 e. The van der Waals surface area contributed by atoms with Crippen LogP contribution in [-0.4, -0.2) is 32.2 Å². The second kappa shape index (κ2) is 10.3. The number of carbonyl (C=O) groups is 2. The zero-order chi connectivity index (χ0) is 24.9. The van der Waals surface area contributed by atoms with E-state index in [0.29, 0.717) is 39.5 Å². The first kappa shape index (κ1) is 23.7. The highest BCUT2D eigenvalue weighted by Gasteiger charge is 2.22. The number of ether oxygens (including phenoxy) is 1. The number of carbonyl (C=O) groups excluding carboxylic acids is 1. The van der Waals surface area contributed by atoms with Crippen LogP contribution in [0.2, 0.25) is 0 Å². The summed E-state index contributed by atoms with van der Waals surface area (Å²) < 4.78 is 24.9. The molecule has 4 rings (SSSR count). The van der Waals surface area contributed by atoms with Crippen molar-refractivity contribution in [3.05, 3.63) is 89.1 Å². The van der Waals surface area contributed by atoms with Gasteiger partial charge in [-0.25, -0.2) is 4.39 Å². The van der Waals surface area contributed by atoms with Gasteiger partial charge in [-0.3, -0.25) is 19.6 Å². The van der Waals surface area contributed by atoms with E-state index in [1.807, 2.05) is 0 Å². The summed E-state index contributed by atoms with van der Waals surface area (Å²) in [7, 11) is 0. The molecular formula is C26H22FN3O5. The van der Waals surface area contributed by atoms with Crippen LogP contribution < -0.4 is 0 Å². The van der Waals surface area contributed by atoms with Gasteiger partial charge in [0.1, 0.15) is 17.6 Å². The van der Waals surface area contributed by atoms with E-state index in [9.17, 15) is 14.0 Å². The lowest BCUT2D eigenvalue weighted by molar-refractivity contribution is -0.147. The van der Waals surface area contributed by atoms with Crippen molar-refractivity contribution in [2.24, 2.45) is 0 Å². The second-order valence-corrected chi connectivity index (χ2v) is 7.96. The van der Waals surface area contributed by atoms with Gasteiger partial charge >= 0.3 is 11.9 Å². The molecule has 9 heteroatoms. The largest absolute Gasteiger partial charge is 0.481 e. The van der Waals surface area contributed by atoms with Crippen LogP contribution in [-0.2, 0) is 27.2 Å². The lowest BCUT2D eigenvalue weighted by Crippen LogP contribution is -2.13. The van der Waals surface area contributed by atoms with Gasteiger partial charge in [0.05, 0.1) is 24.2 Å². The Morgan fingerprint density at radius 1 is 1.03 bits per heavy atom. The average molecular weight is 475 g/mol. The number of hydrogen-bond donors (Lipinski definition) is 1. The Morgan fingerprint density at radius 3 is 2.43 bits per heavy atom. The molecule has 3 heterocycles. The fourth-order valence-corrected chi connectivity index (χ4v) is 3.60. The number of halogens is 1. The summed E-state index contributed by atoms with van der Waals surface area (Å²) in [5.74, 6) is -1.57. The van der Waals surface area contributed by atoms with Gasteiger partial charge in [-0.1, -0.05) is 29.4 Å². The molecule has 1 aromatic carbocycles. The molecular weight excluding hydrogens is 453 g/mol. The molecule has 4 aromatic rings. The van der Waals surface area contributed by atoms with E-state index in [2.05, 4.69) is 15.1 Å². The topological polar surface area (TPSA) is 115 Å². The molecule has 0 saturated heterocycles. The van der Waals surface area contributed by atoms with E-state index >= 15 is 0 Å². The minimum atomic E-state index is -0.922. The van der Waals surface area contributed by atoms with Crippen LogP contribution in [0.1, 0.15) is 35.4 Å². The molecule has 178 valence electrons. The number of benzene rings is 1. The van der Waals surface area contributed by atoms with Crippen LogP contribution in [0.4, 0.5) is 4.39 Å². The predicted molar refractivity (Wildman–Crippen MR) is 124 cm³/mol. The summed E-state index contributed by atoms with van der Waals surface area (Å²) in [5, 5.41) is 12.8. The lowest BCUT2D eigenvalue weighted by atomic mass is 10.1. The molecule has 0 radical (unpaired) electrons. The van der Waals surface area contributed by atoms with Gasteiger partial charge < -0.3 is 14.4 Å². The first-order valence-corrected chi connectivity index (χ1v) is 10.8. The number of rotatable bonds is 8. The molecule has 0 spiro atoms. The minimum absolute atomic E-state index is 0.0976. The molecule has 3 aromatic heterocycles. The Balaban J connectivity index is 1.48. The number of aromatic nitrogens is 3. The van der Waals surface area contributed by atoms with Crippen molar-refractivity contribution in [3.8, 4) is 22.7 Å². The number of aliphatic carboxylic acids is 1. The molecule has 0 saturated carbocycles. The third-order valence-electron chi connectivity index (χ3n) is 5.43. The summed E-state index contributed by atoms with van der Waals surface area (Å²) in [4.78, 5) is 32.1. The highest BCUT2D eigenvalue weighted by Crippen LogP contribution is 2.28. The summed E-state index contributed by atoms with van der Waals surface area (Å²) in [6, 6.07) is 13.1. The van der Waals surface area contributed by atoms with E-state index in [1.165, 1.54) is 12.3 Å². The number of pyridine rings is 2. The number of esters is 1. The van der Waals surface area contributed by atoms with Crippen molar-refractivity contribution >= 4 is 11.9 Å². The molecule has 0 aliphatic carbocycles. The van der Waals surface area contributed by atoms with Crippen molar-refractivity contribution in [2.75, 3.05) is 0 Å². The van der Waals surface area contributed by atoms with Crippen molar-refractivity contribution < 1.29 is 28.3 Å². The molecule has 0 aliphatic rings. The zero-order valence-electron chi connectivity index (χ0n) is 19.1. The molecule has 1 N–H and O–H groups in total. The van der Waals surface area contributed by atoms with Gasteiger partial charge in [-0.15, -0.1) is 0 Å². The molecule has 0 amide bonds. The molecule has 0 aliphatic heterocycles. The number of carboxylic acids is 1. The molecule has 8 nitrogen and oxygen atoms in total. The minimum Gasteiger partial charge on any atom is -0.481 e. The van der Waals surface area contributed by atoms with Gasteiger partial charge in [-0.05, 0) is 43.7 Å². The summed E-state index contributed by atoms with van der Waals surface area (Å²) in [6.07, 6.45) is 2.16. The monoisotopic (exact) mass is 475 g/mol. The maximum absolute atomic E-state index is 14.0. The third kappa shape index (κ3) is 5.57. The highest BCUT2D eigenvalue weighted by atomic mass is 19.1. The van der Waals surface area contributed by atoms with Crippen LogP contribution >= 0.6 is 0 Å². The van der Waals surface area contributed by atoms with Gasteiger partial charge in [0.25, 0.3) is 0 Å². The first-order chi connectivity index (χ1) is 16.8. The highest BCUT2D eigenvalue weighted by molar-refractivity contribution is 5.76. The van der Waals surface area contributed by atoms with Crippen molar-refractivity contribution in [2.45, 2.75) is 32.8 Å². The van der Waals surface area contributed by atoms with E-state index in [4.69, 9.17) is 14.4 Å². The first-order valence-electron chi connectivity index (χ1n) is 10.8. The summed E-state index contributed by atoms with van der Waals surface area (Å²) in [6.45, 7) is 3.33. The Hall–Kier alpha value is -4.40. The van der Waals surface area contributed by atoms with Crippen LogP contribution in [0, 0.1) is 12.7 Å². The van der Waals surface area contributed by atoms with Crippen LogP contribution in [0.25, 0.3) is 22.7 Å². The third-order valence-corrected chi connectivity index (χ3v) is 5.43. The predicted octanol–water partition coefficient (Wildman–Crippen LogP) is 4.72. The number of hydrogen-bond acceptors (Lipinski definition) is 7. The Morgan fingerprint density at radius 2 is 1.77 bits per heavy atom. The van der Waals surface area contributed by atoms with Gasteiger partial charge in [0.15, 0.2) is 5.76 Å². The standard InChI is InChI=1S/C26H22FN3O5/c1-15-20(12-25(33)34-16(2)19-5-3-4-6-21(19)27)26(35-30-15)23-10-8-18(14-29-23)22-9-7-17(13-28-22)11-24(31)32/h3-10,13-14,16H,11-12H2,1-2H3,(H,31,32)/t16-/m1/s1. The number of nitrogens with zero attached hydrogens (tertiary/aromatic N) is 3. The average Bonchev–Trinajstić information content (AvgIpc) is 3.19. The molecule has 0 unspecified atom stereocenters. The molecule has 1 atom stereocenters. The zero-order valence-corrected chi connectivity index (χ0v) is 19.1. The normalized spacial score (nSPS) is 11.7. The van der Waals surface area contributed by atoms with E-state index < -0.39 is 23.9 Å². The fraction of sp³-hybridized carbons (Fsp3) is 0.192. The fourth-order valence-electron chi connectivity index (χ4n) is 3.60. The second-order valence-electron chi connectivity index (χ2n) is 7.96. The smallest absolute Gasteiger partial charge is 0.311 e. The molecule has 35 heavy (non-hydrogen) atoms. The van der Waals surface area contributed by atoms with E-state index in [0.717, 1.165) is 5.56 Å². The Kier molecular flexibility index (Phi) is 6.96.